The molecule has 9 nitrogen and oxygen atoms in total. The summed E-state index contributed by atoms with van der Waals surface area (Å²) in [5.74, 6) is -1.09. The first kappa shape index (κ1) is 25.6. The van der Waals surface area contributed by atoms with Crippen LogP contribution in [0.3, 0.4) is 0 Å². The molecule has 0 aliphatic rings. The Labute approximate surface area is 203 Å². The Morgan fingerprint density at radius 1 is 0.971 bits per heavy atom. The maximum absolute atomic E-state index is 13.3. The molecule has 3 aromatic rings. The Kier molecular flexibility index (Phi) is 8.01. The molecule has 0 aliphatic carbocycles. The average molecular weight is 482 g/mol. The van der Waals surface area contributed by atoms with Crippen molar-refractivity contribution in [3.63, 3.8) is 0 Å². The molecule has 186 valence electrons. The van der Waals surface area contributed by atoms with Gasteiger partial charge in [-0.2, -0.15) is 0 Å². The van der Waals surface area contributed by atoms with Gasteiger partial charge in [-0.3, -0.25) is 4.79 Å². The fourth-order valence-corrected chi connectivity index (χ4v) is 3.66. The number of methoxy groups -OCH3 is 1. The standard InChI is InChI=1S/C26H31N3O6/c1-26(2,3)35-25(33)29-21(13-16-9-11-18(30)12-10-16)23(31)28-22(24(32)34-4)14-17-15-27-20-8-6-5-7-19(17)20/h5-12,15,21-22,27,30H,13-14H2,1-4H3,(H,28,31)(H,29,33)/t21-,22+/m1/s1. The van der Waals surface area contributed by atoms with E-state index in [0.717, 1.165) is 16.5 Å². The minimum atomic E-state index is -1.04. The van der Waals surface area contributed by atoms with E-state index in [1.165, 1.54) is 19.2 Å². The molecule has 2 amide bonds. The minimum absolute atomic E-state index is 0.0827. The van der Waals surface area contributed by atoms with Gasteiger partial charge in [0.15, 0.2) is 0 Å². The number of aromatic nitrogens is 1. The molecule has 0 saturated heterocycles. The first-order valence-electron chi connectivity index (χ1n) is 11.3. The van der Waals surface area contributed by atoms with Gasteiger partial charge < -0.3 is 30.2 Å². The lowest BCUT2D eigenvalue weighted by Crippen LogP contribution is -2.53. The van der Waals surface area contributed by atoms with E-state index in [-0.39, 0.29) is 18.6 Å². The topological polar surface area (TPSA) is 130 Å². The molecule has 2 atom stereocenters. The number of carbonyl (C=O) groups excluding carboxylic acids is 3. The second-order valence-electron chi connectivity index (χ2n) is 9.22. The highest BCUT2D eigenvalue weighted by molar-refractivity contribution is 5.91. The van der Waals surface area contributed by atoms with Crippen LogP contribution in [0.25, 0.3) is 10.9 Å². The molecule has 0 unspecified atom stereocenters. The van der Waals surface area contributed by atoms with E-state index in [2.05, 4.69) is 15.6 Å². The summed E-state index contributed by atoms with van der Waals surface area (Å²) in [5.41, 5.74) is 1.69. The molecule has 0 aliphatic heterocycles. The number of fused-ring (bicyclic) bond motifs is 1. The Morgan fingerprint density at radius 2 is 1.66 bits per heavy atom. The molecule has 1 heterocycles. The number of para-hydroxylation sites is 1. The van der Waals surface area contributed by atoms with Crippen molar-refractivity contribution in [1.82, 2.24) is 15.6 Å². The predicted octanol–water partition coefficient (Wildman–Crippen LogP) is 3.21. The van der Waals surface area contributed by atoms with Crippen LogP contribution in [0.1, 0.15) is 31.9 Å². The van der Waals surface area contributed by atoms with Gasteiger partial charge in [-0.25, -0.2) is 9.59 Å². The molecule has 9 heteroatoms. The minimum Gasteiger partial charge on any atom is -0.508 e. The maximum Gasteiger partial charge on any atom is 0.408 e. The lowest BCUT2D eigenvalue weighted by molar-refractivity contribution is -0.145. The van der Waals surface area contributed by atoms with Gasteiger partial charge >= 0.3 is 12.1 Å². The summed E-state index contributed by atoms with van der Waals surface area (Å²) in [4.78, 5) is 41.4. The van der Waals surface area contributed by atoms with Crippen LogP contribution in [-0.2, 0) is 31.9 Å². The fourth-order valence-electron chi connectivity index (χ4n) is 3.66. The number of alkyl carbamates (subject to hydrolysis) is 1. The number of hydrogen-bond acceptors (Lipinski definition) is 6. The van der Waals surface area contributed by atoms with Gasteiger partial charge in [-0.1, -0.05) is 30.3 Å². The summed E-state index contributed by atoms with van der Waals surface area (Å²) in [5, 5.41) is 15.8. The van der Waals surface area contributed by atoms with Crippen LogP contribution in [0.5, 0.6) is 5.75 Å². The van der Waals surface area contributed by atoms with Gasteiger partial charge in [0.2, 0.25) is 5.91 Å². The van der Waals surface area contributed by atoms with Gasteiger partial charge in [-0.15, -0.1) is 0 Å². The number of esters is 1. The lowest BCUT2D eigenvalue weighted by atomic mass is 10.0. The monoisotopic (exact) mass is 481 g/mol. The molecule has 1 aromatic heterocycles. The predicted molar refractivity (Wildman–Crippen MR) is 131 cm³/mol. The number of carbonyl (C=O) groups is 3. The van der Waals surface area contributed by atoms with E-state index in [1.54, 1.807) is 39.1 Å². The number of phenolic OH excluding ortho intramolecular Hbond substituents is 1. The molecule has 35 heavy (non-hydrogen) atoms. The zero-order valence-corrected chi connectivity index (χ0v) is 20.3. The van der Waals surface area contributed by atoms with Gasteiger partial charge in [0.05, 0.1) is 7.11 Å². The number of nitrogens with one attached hydrogen (secondary N) is 3. The average Bonchev–Trinajstić information content (AvgIpc) is 3.20. The number of rotatable bonds is 8. The van der Waals surface area contributed by atoms with Crippen molar-refractivity contribution in [2.75, 3.05) is 7.11 Å². The Balaban J connectivity index is 1.81. The fraction of sp³-hybridized carbons (Fsp3) is 0.346. The molecule has 0 fully saturated rings. The highest BCUT2D eigenvalue weighted by atomic mass is 16.6. The summed E-state index contributed by atoms with van der Waals surface area (Å²) in [6, 6.07) is 11.9. The van der Waals surface area contributed by atoms with Crippen molar-refractivity contribution in [1.29, 1.82) is 0 Å². The summed E-state index contributed by atoms with van der Waals surface area (Å²) in [6.45, 7) is 5.16. The zero-order chi connectivity index (χ0) is 25.6. The van der Waals surface area contributed by atoms with Gasteiger partial charge in [0.1, 0.15) is 23.4 Å². The molecule has 0 spiro atoms. The molecular weight excluding hydrogens is 450 g/mol. The van der Waals surface area contributed by atoms with Crippen molar-refractivity contribution in [3.8, 4) is 5.75 Å². The van der Waals surface area contributed by atoms with E-state index in [0.29, 0.717) is 5.56 Å². The number of amides is 2. The molecule has 0 radical (unpaired) electrons. The summed E-state index contributed by atoms with van der Waals surface area (Å²) >= 11 is 0. The highest BCUT2D eigenvalue weighted by Crippen LogP contribution is 2.20. The lowest BCUT2D eigenvalue weighted by Gasteiger charge is -2.25. The molecule has 3 rings (SSSR count). The second-order valence-corrected chi connectivity index (χ2v) is 9.22. The normalized spacial score (nSPS) is 13.0. The van der Waals surface area contributed by atoms with E-state index in [4.69, 9.17) is 9.47 Å². The molecule has 0 bridgehead atoms. The Bertz CT molecular complexity index is 1180. The van der Waals surface area contributed by atoms with Gasteiger partial charge in [0.25, 0.3) is 0 Å². The number of aromatic hydroxyl groups is 1. The largest absolute Gasteiger partial charge is 0.508 e. The number of ether oxygens (including phenoxy) is 2. The first-order valence-corrected chi connectivity index (χ1v) is 11.3. The van der Waals surface area contributed by atoms with E-state index >= 15 is 0 Å². The smallest absolute Gasteiger partial charge is 0.408 e. The molecule has 0 saturated carbocycles. The SMILES string of the molecule is COC(=O)[C@H](Cc1c[nH]c2ccccc12)NC(=O)[C@@H](Cc1ccc(O)cc1)NC(=O)OC(C)(C)C. The third kappa shape index (κ3) is 7.23. The van der Waals surface area contributed by atoms with E-state index < -0.39 is 35.7 Å². The van der Waals surface area contributed by atoms with Crippen molar-refractivity contribution < 1.29 is 29.0 Å². The van der Waals surface area contributed by atoms with Crippen molar-refractivity contribution in [3.05, 3.63) is 65.9 Å². The van der Waals surface area contributed by atoms with Crippen LogP contribution in [0.4, 0.5) is 4.79 Å². The summed E-state index contributed by atoms with van der Waals surface area (Å²) < 4.78 is 10.2. The van der Waals surface area contributed by atoms with Crippen LogP contribution >= 0.6 is 0 Å². The molecular formula is C26H31N3O6. The number of phenols is 1. The molecule has 4 N–H and O–H groups in total. The molecule has 2 aromatic carbocycles. The maximum atomic E-state index is 13.3. The number of H-pyrrole nitrogens is 1. The van der Waals surface area contributed by atoms with E-state index in [1.807, 2.05) is 24.3 Å². The highest BCUT2D eigenvalue weighted by Gasteiger charge is 2.29. The van der Waals surface area contributed by atoms with Crippen molar-refractivity contribution in [2.45, 2.75) is 51.3 Å². The van der Waals surface area contributed by atoms with Gasteiger partial charge in [-0.05, 0) is 50.1 Å². The van der Waals surface area contributed by atoms with Crippen LogP contribution in [0.2, 0.25) is 0 Å². The van der Waals surface area contributed by atoms with Crippen LogP contribution in [0.15, 0.2) is 54.7 Å². The number of aromatic amines is 1. The van der Waals surface area contributed by atoms with Crippen molar-refractivity contribution in [2.24, 2.45) is 0 Å². The Hall–Kier alpha value is -4.01. The van der Waals surface area contributed by atoms with Crippen LogP contribution in [-0.4, -0.2) is 52.9 Å². The quantitative estimate of drug-likeness (QED) is 0.366. The number of hydrogen-bond donors (Lipinski definition) is 4. The van der Waals surface area contributed by atoms with Gasteiger partial charge in [0, 0.05) is 29.9 Å². The second kappa shape index (κ2) is 10.9. The third-order valence-corrected chi connectivity index (χ3v) is 5.28. The van der Waals surface area contributed by atoms with Crippen molar-refractivity contribution >= 4 is 28.9 Å². The zero-order valence-electron chi connectivity index (χ0n) is 20.3. The number of benzene rings is 2. The van der Waals surface area contributed by atoms with Crippen LogP contribution in [0, 0.1) is 0 Å². The third-order valence-electron chi connectivity index (χ3n) is 5.28. The Morgan fingerprint density at radius 3 is 2.31 bits per heavy atom. The summed E-state index contributed by atoms with van der Waals surface area (Å²) in [6.07, 6.45) is 1.34. The van der Waals surface area contributed by atoms with Crippen LogP contribution < -0.4 is 10.6 Å². The first-order chi connectivity index (χ1) is 16.6. The van der Waals surface area contributed by atoms with E-state index in [9.17, 15) is 19.5 Å². The summed E-state index contributed by atoms with van der Waals surface area (Å²) in [7, 11) is 1.25.